The van der Waals surface area contributed by atoms with Crippen LogP contribution in [-0.2, 0) is 4.74 Å². The lowest BCUT2D eigenvalue weighted by Gasteiger charge is -2.15. The minimum Gasteiger partial charge on any atom is -0.394 e. The molecule has 7 nitrogen and oxygen atoms in total. The van der Waals surface area contributed by atoms with E-state index in [1.807, 2.05) is 26.0 Å². The Kier molecular flexibility index (Phi) is 3.21. The first kappa shape index (κ1) is 13.4. The molecule has 3 rings (SSSR count). The van der Waals surface area contributed by atoms with Crippen molar-refractivity contribution in [3.8, 4) is 0 Å². The fourth-order valence-corrected chi connectivity index (χ4v) is 2.46. The Bertz CT molecular complexity index is 642. The number of ether oxygens (including phenoxy) is 1. The van der Waals surface area contributed by atoms with E-state index in [9.17, 15) is 10.2 Å². The standard InChI is InChI=1S/C13H17N3O4/c1-6-3-8-9(4-7(6)2)16(15-14-8)13-12(19)11(18)10(5-17)20-13/h3-4,10-13,17-19H,5H2,1-2H3/t10-,11+,12-,13+/m0/s1. The first-order valence-electron chi connectivity index (χ1n) is 6.47. The van der Waals surface area contributed by atoms with Crippen LogP contribution < -0.4 is 0 Å². The predicted molar refractivity (Wildman–Crippen MR) is 70.0 cm³/mol. The summed E-state index contributed by atoms with van der Waals surface area (Å²) in [5, 5.41) is 37.0. The summed E-state index contributed by atoms with van der Waals surface area (Å²) >= 11 is 0. The number of nitrogens with zero attached hydrogens (tertiary/aromatic N) is 3. The van der Waals surface area contributed by atoms with Crippen molar-refractivity contribution in [2.75, 3.05) is 6.61 Å². The van der Waals surface area contributed by atoms with Gasteiger partial charge in [0.05, 0.1) is 12.1 Å². The molecule has 0 bridgehead atoms. The fourth-order valence-electron chi connectivity index (χ4n) is 2.46. The zero-order valence-electron chi connectivity index (χ0n) is 11.3. The summed E-state index contributed by atoms with van der Waals surface area (Å²) in [6.07, 6.45) is -3.97. The highest BCUT2D eigenvalue weighted by molar-refractivity contribution is 5.76. The minimum absolute atomic E-state index is 0.362. The largest absolute Gasteiger partial charge is 0.394 e. The number of rotatable bonds is 2. The Morgan fingerprint density at radius 1 is 1.20 bits per heavy atom. The average Bonchev–Trinajstić information content (AvgIpc) is 2.94. The van der Waals surface area contributed by atoms with E-state index in [1.54, 1.807) is 0 Å². The molecule has 0 spiro atoms. The molecule has 1 aromatic carbocycles. The molecule has 1 saturated heterocycles. The van der Waals surface area contributed by atoms with Crippen molar-refractivity contribution in [3.63, 3.8) is 0 Å². The van der Waals surface area contributed by atoms with E-state index in [0.717, 1.165) is 16.6 Å². The van der Waals surface area contributed by atoms with Gasteiger partial charge in [-0.15, -0.1) is 5.10 Å². The SMILES string of the molecule is Cc1cc2nnn([C@@H]3O[C@@H](CO)[C@@H](O)[C@@H]3O)c2cc1C. The van der Waals surface area contributed by atoms with Crippen molar-refractivity contribution < 1.29 is 20.1 Å². The second-order valence-corrected chi connectivity index (χ2v) is 5.19. The molecule has 3 N–H and O–H groups in total. The molecule has 2 aromatic rings. The predicted octanol–water partition coefficient (Wildman–Crippen LogP) is -0.340. The summed E-state index contributed by atoms with van der Waals surface area (Å²) < 4.78 is 6.92. The first-order chi connectivity index (χ1) is 9.52. The third-order valence-corrected chi connectivity index (χ3v) is 3.84. The number of aryl methyl sites for hydroxylation is 2. The van der Waals surface area contributed by atoms with Gasteiger partial charge in [-0.05, 0) is 37.1 Å². The summed E-state index contributed by atoms with van der Waals surface area (Å²) in [4.78, 5) is 0. The van der Waals surface area contributed by atoms with Gasteiger partial charge in [-0.2, -0.15) is 0 Å². The molecule has 0 radical (unpaired) electrons. The molecule has 0 aliphatic carbocycles. The topological polar surface area (TPSA) is 101 Å². The molecular weight excluding hydrogens is 262 g/mol. The van der Waals surface area contributed by atoms with Gasteiger partial charge in [-0.3, -0.25) is 0 Å². The Morgan fingerprint density at radius 2 is 1.90 bits per heavy atom. The number of aromatic nitrogens is 3. The highest BCUT2D eigenvalue weighted by Gasteiger charge is 2.44. The van der Waals surface area contributed by atoms with E-state index in [4.69, 9.17) is 9.84 Å². The van der Waals surface area contributed by atoms with Crippen molar-refractivity contribution in [2.45, 2.75) is 38.4 Å². The normalized spacial score (nSPS) is 30.2. The summed E-state index contributed by atoms with van der Waals surface area (Å²) in [6.45, 7) is 3.60. The number of fused-ring (bicyclic) bond motifs is 1. The maximum Gasteiger partial charge on any atom is 0.181 e. The molecule has 1 aliphatic rings. The van der Waals surface area contributed by atoms with Gasteiger partial charge in [0, 0.05) is 0 Å². The molecule has 4 atom stereocenters. The number of hydrogen-bond acceptors (Lipinski definition) is 6. The van der Waals surface area contributed by atoms with Crippen LogP contribution in [0, 0.1) is 13.8 Å². The van der Waals surface area contributed by atoms with Crippen LogP contribution in [0.5, 0.6) is 0 Å². The molecule has 0 saturated carbocycles. The fraction of sp³-hybridized carbons (Fsp3) is 0.538. The number of benzene rings is 1. The van der Waals surface area contributed by atoms with Gasteiger partial charge in [0.2, 0.25) is 0 Å². The van der Waals surface area contributed by atoms with E-state index < -0.39 is 24.5 Å². The average molecular weight is 279 g/mol. The van der Waals surface area contributed by atoms with E-state index in [0.29, 0.717) is 5.52 Å². The lowest BCUT2D eigenvalue weighted by molar-refractivity contribution is -0.0572. The van der Waals surface area contributed by atoms with Gasteiger partial charge in [0.25, 0.3) is 0 Å². The third-order valence-electron chi connectivity index (χ3n) is 3.84. The highest BCUT2D eigenvalue weighted by atomic mass is 16.6. The van der Waals surface area contributed by atoms with Crippen molar-refractivity contribution in [2.24, 2.45) is 0 Å². The molecule has 20 heavy (non-hydrogen) atoms. The van der Waals surface area contributed by atoms with E-state index in [-0.39, 0.29) is 6.61 Å². The van der Waals surface area contributed by atoms with Gasteiger partial charge < -0.3 is 20.1 Å². The molecule has 108 valence electrons. The van der Waals surface area contributed by atoms with Crippen LogP contribution in [-0.4, -0.2) is 55.2 Å². The maximum atomic E-state index is 10.0. The van der Waals surface area contributed by atoms with Gasteiger partial charge in [0.15, 0.2) is 6.23 Å². The molecule has 7 heteroatoms. The van der Waals surface area contributed by atoms with E-state index >= 15 is 0 Å². The van der Waals surface area contributed by atoms with E-state index in [2.05, 4.69) is 10.3 Å². The summed E-state index contributed by atoms with van der Waals surface area (Å²) in [5.74, 6) is 0. The minimum atomic E-state index is -1.15. The molecular formula is C13H17N3O4. The first-order valence-corrected chi connectivity index (χ1v) is 6.47. The molecule has 1 aromatic heterocycles. The second kappa shape index (κ2) is 4.78. The monoisotopic (exact) mass is 279 g/mol. The maximum absolute atomic E-state index is 10.0. The highest BCUT2D eigenvalue weighted by Crippen LogP contribution is 2.31. The van der Waals surface area contributed by atoms with Crippen molar-refractivity contribution in [1.29, 1.82) is 0 Å². The molecule has 2 heterocycles. The molecule has 0 amide bonds. The third kappa shape index (κ3) is 1.90. The van der Waals surface area contributed by atoms with Gasteiger partial charge in [-0.25, -0.2) is 4.68 Å². The van der Waals surface area contributed by atoms with Gasteiger partial charge in [-0.1, -0.05) is 5.21 Å². The van der Waals surface area contributed by atoms with Crippen LogP contribution in [0.2, 0.25) is 0 Å². The van der Waals surface area contributed by atoms with Crippen LogP contribution in [0.15, 0.2) is 12.1 Å². The van der Waals surface area contributed by atoms with Crippen LogP contribution in [0.3, 0.4) is 0 Å². The van der Waals surface area contributed by atoms with Crippen LogP contribution in [0.4, 0.5) is 0 Å². The second-order valence-electron chi connectivity index (χ2n) is 5.19. The molecule has 1 aliphatic heterocycles. The molecule has 1 fully saturated rings. The van der Waals surface area contributed by atoms with Gasteiger partial charge in [0.1, 0.15) is 23.8 Å². The Morgan fingerprint density at radius 3 is 2.55 bits per heavy atom. The smallest absolute Gasteiger partial charge is 0.181 e. The van der Waals surface area contributed by atoms with Crippen molar-refractivity contribution >= 4 is 11.0 Å². The summed E-state index contributed by atoms with van der Waals surface area (Å²) in [5.41, 5.74) is 3.60. The van der Waals surface area contributed by atoms with Crippen LogP contribution in [0.1, 0.15) is 17.4 Å². The van der Waals surface area contributed by atoms with Crippen molar-refractivity contribution in [3.05, 3.63) is 23.3 Å². The quantitative estimate of drug-likeness (QED) is 0.695. The van der Waals surface area contributed by atoms with E-state index in [1.165, 1.54) is 4.68 Å². The lowest BCUT2D eigenvalue weighted by atomic mass is 10.1. The number of hydrogen-bond donors (Lipinski definition) is 3. The summed E-state index contributed by atoms with van der Waals surface area (Å²) in [7, 11) is 0. The Labute approximate surface area is 115 Å². The Balaban J connectivity index is 2.05. The Hall–Kier alpha value is -1.54. The lowest BCUT2D eigenvalue weighted by Crippen LogP contribution is -2.33. The van der Waals surface area contributed by atoms with Crippen LogP contribution >= 0.6 is 0 Å². The van der Waals surface area contributed by atoms with Gasteiger partial charge >= 0.3 is 0 Å². The summed E-state index contributed by atoms with van der Waals surface area (Å²) in [6, 6.07) is 3.83. The van der Waals surface area contributed by atoms with Crippen LogP contribution in [0.25, 0.3) is 11.0 Å². The zero-order valence-corrected chi connectivity index (χ0v) is 11.3. The molecule has 0 unspecified atom stereocenters. The zero-order chi connectivity index (χ0) is 14.4. The number of aliphatic hydroxyl groups excluding tert-OH is 3. The van der Waals surface area contributed by atoms with Crippen molar-refractivity contribution in [1.82, 2.24) is 15.0 Å². The number of aliphatic hydroxyl groups is 3.